The summed E-state index contributed by atoms with van der Waals surface area (Å²) in [7, 11) is 0. The van der Waals surface area contributed by atoms with Gasteiger partial charge in [0.15, 0.2) is 0 Å². The zero-order valence-electron chi connectivity index (χ0n) is 7.81. The van der Waals surface area contributed by atoms with Crippen molar-refractivity contribution in [3.8, 4) is 0 Å². The van der Waals surface area contributed by atoms with Crippen LogP contribution in [-0.4, -0.2) is 18.9 Å². The lowest BCUT2D eigenvalue weighted by Crippen LogP contribution is -1.99. The minimum Gasteiger partial charge on any atom is -0.303 e. The van der Waals surface area contributed by atoms with E-state index in [-0.39, 0.29) is 5.92 Å². The van der Waals surface area contributed by atoms with Crippen molar-refractivity contribution in [2.75, 3.05) is 0 Å². The molecule has 0 aromatic heterocycles. The highest BCUT2D eigenvalue weighted by atomic mass is 16.1. The van der Waals surface area contributed by atoms with Gasteiger partial charge in [-0.3, -0.25) is 0 Å². The van der Waals surface area contributed by atoms with E-state index in [2.05, 4.69) is 0 Å². The molecule has 0 spiro atoms. The maximum Gasteiger partial charge on any atom is 0.124 e. The molecule has 0 saturated carbocycles. The number of carbonyl (C=O) groups is 3. The molecule has 0 bridgehead atoms. The molecule has 0 heterocycles. The van der Waals surface area contributed by atoms with Crippen molar-refractivity contribution in [1.29, 1.82) is 0 Å². The van der Waals surface area contributed by atoms with Crippen LogP contribution in [-0.2, 0) is 14.4 Å². The molecule has 0 amide bonds. The number of hydrogen-bond donors (Lipinski definition) is 0. The Balaban J connectivity index is 2.72. The van der Waals surface area contributed by atoms with Crippen molar-refractivity contribution in [3.63, 3.8) is 0 Å². The van der Waals surface area contributed by atoms with Crippen LogP contribution >= 0.6 is 0 Å². The Morgan fingerprint density at radius 2 is 1.79 bits per heavy atom. The summed E-state index contributed by atoms with van der Waals surface area (Å²) in [5.74, 6) is 0.0210. The molecule has 1 atom stereocenters. The largest absolute Gasteiger partial charge is 0.303 e. The van der Waals surface area contributed by atoms with E-state index in [4.69, 9.17) is 0 Å². The summed E-state index contributed by atoms with van der Waals surface area (Å²) in [6, 6.07) is 0. The van der Waals surface area contributed by atoms with E-state index in [0.717, 1.165) is 30.0 Å². The van der Waals surface area contributed by atoms with Gasteiger partial charge in [0, 0.05) is 25.2 Å². The fourth-order valence-electron chi connectivity index (χ4n) is 1.61. The van der Waals surface area contributed by atoms with Crippen LogP contribution in [0.25, 0.3) is 0 Å². The third-order valence-corrected chi connectivity index (χ3v) is 2.25. The monoisotopic (exact) mass is 192 g/mol. The first-order chi connectivity index (χ1) is 6.81. The van der Waals surface area contributed by atoms with E-state index in [1.165, 1.54) is 0 Å². The van der Waals surface area contributed by atoms with E-state index in [0.29, 0.717) is 19.3 Å². The SMILES string of the molecule is O=CCC1=CC(CC=O)C(CC=O)=C1. The summed E-state index contributed by atoms with van der Waals surface area (Å²) in [5.41, 5.74) is 1.84. The van der Waals surface area contributed by atoms with Gasteiger partial charge in [-0.05, 0) is 5.57 Å². The first kappa shape index (κ1) is 10.6. The van der Waals surface area contributed by atoms with E-state index < -0.39 is 0 Å². The van der Waals surface area contributed by atoms with Gasteiger partial charge in [-0.1, -0.05) is 17.7 Å². The van der Waals surface area contributed by atoms with Crippen molar-refractivity contribution >= 4 is 18.9 Å². The normalized spacial score (nSPS) is 19.9. The number of rotatable bonds is 6. The van der Waals surface area contributed by atoms with Crippen LogP contribution in [0.3, 0.4) is 0 Å². The molecule has 0 N–H and O–H groups in total. The average molecular weight is 192 g/mol. The molecule has 1 aliphatic carbocycles. The van der Waals surface area contributed by atoms with Gasteiger partial charge in [0.2, 0.25) is 0 Å². The molecular formula is C11H12O3. The van der Waals surface area contributed by atoms with Gasteiger partial charge in [0.1, 0.15) is 18.9 Å². The fraction of sp³-hybridized carbons (Fsp3) is 0.364. The molecule has 0 aromatic rings. The van der Waals surface area contributed by atoms with Gasteiger partial charge in [0.25, 0.3) is 0 Å². The third-order valence-electron chi connectivity index (χ3n) is 2.25. The summed E-state index contributed by atoms with van der Waals surface area (Å²) in [6.45, 7) is 0. The second-order valence-corrected chi connectivity index (χ2v) is 3.21. The zero-order valence-corrected chi connectivity index (χ0v) is 7.81. The van der Waals surface area contributed by atoms with E-state index >= 15 is 0 Å². The molecular weight excluding hydrogens is 180 g/mol. The molecule has 0 fully saturated rings. The minimum atomic E-state index is 0.0210. The maximum atomic E-state index is 10.4. The molecule has 0 aliphatic heterocycles. The predicted molar refractivity (Wildman–Crippen MR) is 51.7 cm³/mol. The summed E-state index contributed by atoms with van der Waals surface area (Å²) in [5, 5.41) is 0. The summed E-state index contributed by atoms with van der Waals surface area (Å²) in [4.78, 5) is 31.0. The standard InChI is InChI=1S/C11H12O3/c12-4-1-9-7-10(2-5-13)11(8-9)3-6-14/h4-8,10H,1-3H2. The third kappa shape index (κ3) is 2.49. The Labute approximate surface area is 82.5 Å². The van der Waals surface area contributed by atoms with Crippen LogP contribution in [0.1, 0.15) is 19.3 Å². The van der Waals surface area contributed by atoms with Gasteiger partial charge < -0.3 is 14.4 Å². The van der Waals surface area contributed by atoms with Gasteiger partial charge >= 0.3 is 0 Å². The second-order valence-electron chi connectivity index (χ2n) is 3.21. The Bertz CT molecular complexity index is 300. The zero-order chi connectivity index (χ0) is 10.4. The Morgan fingerprint density at radius 3 is 2.36 bits per heavy atom. The van der Waals surface area contributed by atoms with Crippen molar-refractivity contribution in [2.24, 2.45) is 5.92 Å². The van der Waals surface area contributed by atoms with Gasteiger partial charge in [-0.15, -0.1) is 0 Å². The van der Waals surface area contributed by atoms with Crippen molar-refractivity contribution < 1.29 is 14.4 Å². The topological polar surface area (TPSA) is 51.2 Å². The maximum absolute atomic E-state index is 10.4. The first-order valence-corrected chi connectivity index (χ1v) is 4.54. The van der Waals surface area contributed by atoms with Crippen LogP contribution < -0.4 is 0 Å². The van der Waals surface area contributed by atoms with Gasteiger partial charge in [0.05, 0.1) is 0 Å². The van der Waals surface area contributed by atoms with Crippen molar-refractivity contribution in [3.05, 3.63) is 23.3 Å². The lowest BCUT2D eigenvalue weighted by Gasteiger charge is -2.05. The van der Waals surface area contributed by atoms with E-state index in [9.17, 15) is 14.4 Å². The summed E-state index contributed by atoms with van der Waals surface area (Å²) < 4.78 is 0. The van der Waals surface area contributed by atoms with Crippen LogP contribution in [0.4, 0.5) is 0 Å². The smallest absolute Gasteiger partial charge is 0.124 e. The van der Waals surface area contributed by atoms with Crippen LogP contribution in [0.5, 0.6) is 0 Å². The van der Waals surface area contributed by atoms with Crippen LogP contribution in [0, 0.1) is 5.92 Å². The van der Waals surface area contributed by atoms with E-state index in [1.54, 1.807) is 0 Å². The average Bonchev–Trinajstić information content (AvgIpc) is 2.50. The molecule has 3 nitrogen and oxygen atoms in total. The fourth-order valence-corrected chi connectivity index (χ4v) is 1.61. The Hall–Kier alpha value is -1.51. The molecule has 0 radical (unpaired) electrons. The molecule has 74 valence electrons. The molecule has 14 heavy (non-hydrogen) atoms. The summed E-state index contributed by atoms with van der Waals surface area (Å²) >= 11 is 0. The highest BCUT2D eigenvalue weighted by Gasteiger charge is 2.17. The van der Waals surface area contributed by atoms with Crippen LogP contribution in [0.15, 0.2) is 23.3 Å². The molecule has 1 aliphatic rings. The second kappa shape index (κ2) is 5.27. The van der Waals surface area contributed by atoms with Crippen LogP contribution in [0.2, 0.25) is 0 Å². The highest BCUT2D eigenvalue weighted by Crippen LogP contribution is 2.29. The number of allylic oxidation sites excluding steroid dienone is 4. The number of aldehydes is 3. The lowest BCUT2D eigenvalue weighted by molar-refractivity contribution is -0.109. The van der Waals surface area contributed by atoms with E-state index in [1.807, 2.05) is 12.2 Å². The molecule has 0 saturated heterocycles. The highest BCUT2D eigenvalue weighted by molar-refractivity contribution is 5.63. The Morgan fingerprint density at radius 1 is 1.07 bits per heavy atom. The quantitative estimate of drug-likeness (QED) is 0.595. The number of carbonyl (C=O) groups excluding carboxylic acids is 3. The Kier molecular flexibility index (Phi) is 3.98. The molecule has 1 unspecified atom stereocenters. The molecule has 0 aromatic carbocycles. The minimum absolute atomic E-state index is 0.0210. The predicted octanol–water partition coefficient (Wildman–Crippen LogP) is 1.24. The lowest BCUT2D eigenvalue weighted by atomic mass is 9.98. The molecule has 1 rings (SSSR count). The number of hydrogen-bond acceptors (Lipinski definition) is 3. The van der Waals surface area contributed by atoms with Gasteiger partial charge in [-0.2, -0.15) is 0 Å². The van der Waals surface area contributed by atoms with Crippen molar-refractivity contribution in [2.45, 2.75) is 19.3 Å². The first-order valence-electron chi connectivity index (χ1n) is 4.54. The molecule has 3 heteroatoms. The van der Waals surface area contributed by atoms with Gasteiger partial charge in [-0.25, -0.2) is 0 Å². The van der Waals surface area contributed by atoms with Crippen molar-refractivity contribution in [1.82, 2.24) is 0 Å². The summed E-state index contributed by atoms with van der Waals surface area (Å²) in [6.07, 6.45) is 7.31.